The second kappa shape index (κ2) is 6.49. The molecule has 13 heavy (non-hydrogen) atoms. The fourth-order valence-corrected chi connectivity index (χ4v) is 0.834. The molecule has 0 aliphatic heterocycles. The van der Waals surface area contributed by atoms with Crippen molar-refractivity contribution in [1.29, 1.82) is 0 Å². The summed E-state index contributed by atoms with van der Waals surface area (Å²) < 4.78 is 14.6. The van der Waals surface area contributed by atoms with Gasteiger partial charge in [-0.25, -0.2) is 4.79 Å². The van der Waals surface area contributed by atoms with E-state index in [4.69, 9.17) is 0 Å². The normalized spacial score (nSPS) is 9.62. The molecule has 5 heteroatoms. The number of ketones is 1. The van der Waals surface area contributed by atoms with E-state index in [2.05, 4.69) is 11.3 Å². The van der Waals surface area contributed by atoms with Gasteiger partial charge in [0.1, 0.15) is 5.78 Å². The van der Waals surface area contributed by atoms with Crippen LogP contribution in [-0.4, -0.2) is 24.5 Å². The third-order valence-corrected chi connectivity index (χ3v) is 1.69. The van der Waals surface area contributed by atoms with Gasteiger partial charge in [-0.15, -0.1) is 0 Å². The van der Waals surface area contributed by atoms with Crippen molar-refractivity contribution in [1.82, 2.24) is 0 Å². The minimum atomic E-state index is -0.507. The molecule has 0 rings (SSSR count). The van der Waals surface area contributed by atoms with Gasteiger partial charge in [0, 0.05) is 12.0 Å². The Balaban J connectivity index is 3.56. The molecular formula is C8H11O4P. The van der Waals surface area contributed by atoms with Crippen LogP contribution in [0.1, 0.15) is 13.3 Å². The second-order valence-corrected chi connectivity index (χ2v) is 3.07. The van der Waals surface area contributed by atoms with E-state index in [1.807, 2.05) is 0 Å². The van der Waals surface area contributed by atoms with E-state index in [-0.39, 0.29) is 33.4 Å². The Labute approximate surface area is 78.2 Å². The van der Waals surface area contributed by atoms with Gasteiger partial charge in [-0.1, -0.05) is 6.58 Å². The fourth-order valence-electron chi connectivity index (χ4n) is 0.532. The molecule has 0 fully saturated rings. The molecular weight excluding hydrogens is 191 g/mol. The van der Waals surface area contributed by atoms with Crippen LogP contribution in [-0.2, 0) is 18.9 Å². The lowest BCUT2D eigenvalue weighted by Gasteiger charge is -2.01. The highest BCUT2D eigenvalue weighted by molar-refractivity contribution is 7.25. The minimum Gasteiger partial charge on any atom is -0.462 e. The molecule has 0 atom stereocenters. The molecule has 0 bridgehead atoms. The first kappa shape index (κ1) is 12.0. The van der Waals surface area contributed by atoms with E-state index in [1.165, 1.54) is 6.92 Å². The van der Waals surface area contributed by atoms with Gasteiger partial charge in [0.05, 0.1) is 12.8 Å². The molecule has 0 heterocycles. The lowest BCUT2D eigenvalue weighted by molar-refractivity contribution is -0.139. The molecule has 0 aliphatic rings. The summed E-state index contributed by atoms with van der Waals surface area (Å²) >= 11 is 0. The molecule has 0 aromatic rings. The second-order valence-electron chi connectivity index (χ2n) is 2.49. The molecule has 0 N–H and O–H groups in total. The van der Waals surface area contributed by atoms with Gasteiger partial charge in [-0.2, -0.15) is 0 Å². The van der Waals surface area contributed by atoms with Crippen molar-refractivity contribution >= 4 is 20.2 Å². The number of carbonyl (C=O) groups is 2. The number of hydrogen-bond donors (Lipinski definition) is 0. The van der Waals surface area contributed by atoms with Gasteiger partial charge < -0.3 is 4.74 Å². The van der Waals surface area contributed by atoms with Gasteiger partial charge in [0.15, 0.2) is 8.46 Å². The zero-order valence-corrected chi connectivity index (χ0v) is 8.30. The van der Waals surface area contributed by atoms with Crippen LogP contribution in [0.5, 0.6) is 0 Å². The largest absolute Gasteiger partial charge is 0.462 e. The van der Waals surface area contributed by atoms with Crippen molar-refractivity contribution in [2.24, 2.45) is 0 Å². The lowest BCUT2D eigenvalue weighted by Crippen LogP contribution is -2.10. The molecule has 72 valence electrons. The number of carbonyl (C=O) groups excluding carboxylic acids is 2. The fraction of sp³-hybridized carbons (Fsp3) is 0.500. The van der Waals surface area contributed by atoms with E-state index in [0.29, 0.717) is 5.57 Å². The van der Waals surface area contributed by atoms with E-state index >= 15 is 0 Å². The maximum absolute atomic E-state index is 10.8. The van der Waals surface area contributed by atoms with Crippen LogP contribution in [0.4, 0.5) is 0 Å². The summed E-state index contributed by atoms with van der Waals surface area (Å²) in [4.78, 5) is 21.6. The SMILES string of the molecule is C=C(C)C(=O)OCCC(=O)CP=O. The summed E-state index contributed by atoms with van der Waals surface area (Å²) in [5.74, 6) is -0.696. The van der Waals surface area contributed by atoms with E-state index in [1.54, 1.807) is 0 Å². The van der Waals surface area contributed by atoms with E-state index < -0.39 is 5.97 Å². The first-order valence-electron chi connectivity index (χ1n) is 3.71. The molecule has 0 spiro atoms. The van der Waals surface area contributed by atoms with E-state index in [9.17, 15) is 14.2 Å². The molecule has 0 saturated carbocycles. The third kappa shape index (κ3) is 6.17. The van der Waals surface area contributed by atoms with Crippen LogP contribution >= 0.6 is 8.46 Å². The first-order valence-corrected chi connectivity index (χ1v) is 4.71. The highest BCUT2D eigenvalue weighted by Crippen LogP contribution is 1.97. The van der Waals surface area contributed by atoms with Gasteiger partial charge in [-0.3, -0.25) is 9.36 Å². The summed E-state index contributed by atoms with van der Waals surface area (Å²) in [5, 5.41) is 0. The van der Waals surface area contributed by atoms with Crippen molar-refractivity contribution in [2.75, 3.05) is 12.8 Å². The van der Waals surface area contributed by atoms with Crippen molar-refractivity contribution in [3.05, 3.63) is 12.2 Å². The van der Waals surface area contributed by atoms with Crippen LogP contribution in [0.15, 0.2) is 12.2 Å². The predicted molar refractivity (Wildman–Crippen MR) is 47.9 cm³/mol. The lowest BCUT2D eigenvalue weighted by atomic mass is 10.3. The molecule has 0 unspecified atom stereocenters. The number of rotatable bonds is 6. The summed E-state index contributed by atoms with van der Waals surface area (Å²) in [5.41, 5.74) is 0.300. The van der Waals surface area contributed by atoms with Crippen LogP contribution in [0.25, 0.3) is 0 Å². The molecule has 4 nitrogen and oxygen atoms in total. The number of esters is 1. The minimum absolute atomic E-state index is 0.0232. The van der Waals surface area contributed by atoms with Crippen molar-refractivity contribution in [2.45, 2.75) is 13.3 Å². The summed E-state index contributed by atoms with van der Waals surface area (Å²) in [6.07, 6.45) is 0.0822. The van der Waals surface area contributed by atoms with Crippen molar-refractivity contribution in [3.8, 4) is 0 Å². The quantitative estimate of drug-likeness (QED) is 0.370. The summed E-state index contributed by atoms with van der Waals surface area (Å²) in [6.45, 7) is 4.93. The molecule has 0 amide bonds. The average Bonchev–Trinajstić information content (AvgIpc) is 2.04. The predicted octanol–water partition coefficient (Wildman–Crippen LogP) is 1.36. The van der Waals surface area contributed by atoms with Gasteiger partial charge in [0.25, 0.3) is 0 Å². The van der Waals surface area contributed by atoms with Crippen molar-refractivity contribution in [3.63, 3.8) is 0 Å². The van der Waals surface area contributed by atoms with Crippen LogP contribution in [0.2, 0.25) is 0 Å². The van der Waals surface area contributed by atoms with Crippen LogP contribution in [0.3, 0.4) is 0 Å². The average molecular weight is 202 g/mol. The Morgan fingerprint density at radius 2 is 2.08 bits per heavy atom. The summed E-state index contributed by atoms with van der Waals surface area (Å²) in [6, 6.07) is 0. The Morgan fingerprint density at radius 1 is 1.46 bits per heavy atom. The Hall–Kier alpha value is -1.02. The topological polar surface area (TPSA) is 60.4 Å². The standard InChI is InChI=1S/C8H11O4P/c1-6(2)8(10)12-4-3-7(9)5-13-11/h1,3-5H2,2H3. The van der Waals surface area contributed by atoms with Crippen LogP contribution in [0, 0.1) is 0 Å². The first-order chi connectivity index (χ1) is 6.07. The maximum atomic E-state index is 10.8. The van der Waals surface area contributed by atoms with Gasteiger partial charge in [0.2, 0.25) is 0 Å². The van der Waals surface area contributed by atoms with E-state index in [0.717, 1.165) is 0 Å². The maximum Gasteiger partial charge on any atom is 0.333 e. The zero-order chi connectivity index (χ0) is 10.3. The Morgan fingerprint density at radius 3 is 2.54 bits per heavy atom. The number of hydrogen-bond acceptors (Lipinski definition) is 4. The van der Waals surface area contributed by atoms with Gasteiger partial charge >= 0.3 is 5.97 Å². The zero-order valence-electron chi connectivity index (χ0n) is 7.41. The Kier molecular flexibility index (Phi) is 5.98. The van der Waals surface area contributed by atoms with Crippen molar-refractivity contribution < 1.29 is 18.9 Å². The molecule has 0 radical (unpaired) electrons. The molecule has 0 saturated heterocycles. The molecule has 0 aliphatic carbocycles. The highest BCUT2D eigenvalue weighted by atomic mass is 31.1. The Bertz CT molecular complexity index is 234. The number of ether oxygens (including phenoxy) is 1. The summed E-state index contributed by atoms with van der Waals surface area (Å²) in [7, 11) is -0.201. The third-order valence-electron chi connectivity index (χ3n) is 1.20. The number of Topliss-reactive ketones (excluding diaryl/α,β-unsaturated/α-hetero) is 1. The molecule has 0 aromatic heterocycles. The highest BCUT2D eigenvalue weighted by Gasteiger charge is 2.05. The smallest absolute Gasteiger partial charge is 0.333 e. The monoisotopic (exact) mass is 202 g/mol. The van der Waals surface area contributed by atoms with Gasteiger partial charge in [-0.05, 0) is 6.92 Å². The molecule has 0 aromatic carbocycles. The van der Waals surface area contributed by atoms with Crippen LogP contribution < -0.4 is 0 Å².